The quantitative estimate of drug-likeness (QED) is 0.617. The van der Waals surface area contributed by atoms with Crippen LogP contribution in [0.3, 0.4) is 0 Å². The molecule has 0 aromatic carbocycles. The third-order valence-electron chi connectivity index (χ3n) is 2.14. The Morgan fingerprint density at radius 1 is 1.21 bits per heavy atom. The second-order valence-electron chi connectivity index (χ2n) is 3.39. The predicted molar refractivity (Wildman–Crippen MR) is 58.4 cm³/mol. The zero-order valence-corrected chi connectivity index (χ0v) is 8.88. The van der Waals surface area contributed by atoms with Gasteiger partial charge in [0.05, 0.1) is 6.26 Å². The lowest BCUT2D eigenvalue weighted by Gasteiger charge is -2.03. The Balaban J connectivity index is 1.85. The summed E-state index contributed by atoms with van der Waals surface area (Å²) in [6.45, 7) is 3.26. The minimum absolute atomic E-state index is 1.03. The predicted octanol–water partition coefficient (Wildman–Crippen LogP) is 1.41. The van der Waals surface area contributed by atoms with Gasteiger partial charge in [-0.15, -0.1) is 0 Å². The van der Waals surface area contributed by atoms with Crippen molar-refractivity contribution in [2.24, 2.45) is 0 Å². The van der Waals surface area contributed by atoms with Crippen LogP contribution in [0, 0.1) is 0 Å². The number of nitrogens with one attached hydrogen (secondary N) is 2. The summed E-state index contributed by atoms with van der Waals surface area (Å²) in [5.41, 5.74) is 0. The molecule has 0 fully saturated rings. The number of hydrogen-bond donors (Lipinski definition) is 2. The molecule has 0 unspecified atom stereocenters. The molecule has 0 amide bonds. The van der Waals surface area contributed by atoms with Crippen molar-refractivity contribution in [2.75, 3.05) is 26.7 Å². The maximum atomic E-state index is 5.24. The van der Waals surface area contributed by atoms with Crippen molar-refractivity contribution < 1.29 is 4.42 Å². The van der Waals surface area contributed by atoms with E-state index < -0.39 is 0 Å². The fourth-order valence-electron chi connectivity index (χ4n) is 1.36. The first-order chi connectivity index (χ1) is 6.93. The van der Waals surface area contributed by atoms with Crippen LogP contribution in [0.5, 0.6) is 0 Å². The van der Waals surface area contributed by atoms with Crippen LogP contribution in [0.4, 0.5) is 0 Å². The van der Waals surface area contributed by atoms with Gasteiger partial charge < -0.3 is 15.1 Å². The molecule has 0 atom stereocenters. The normalized spacial score (nSPS) is 10.6. The summed E-state index contributed by atoms with van der Waals surface area (Å²) in [6.07, 6.45) is 5.10. The molecule has 0 spiro atoms. The molecule has 0 aliphatic rings. The summed E-state index contributed by atoms with van der Waals surface area (Å²) in [5.74, 6) is 1.09. The fourth-order valence-corrected chi connectivity index (χ4v) is 1.36. The van der Waals surface area contributed by atoms with Gasteiger partial charge in [0, 0.05) is 6.42 Å². The molecule has 3 heteroatoms. The topological polar surface area (TPSA) is 37.2 Å². The van der Waals surface area contributed by atoms with E-state index in [1.807, 2.05) is 19.2 Å². The van der Waals surface area contributed by atoms with Crippen molar-refractivity contribution in [3.05, 3.63) is 24.2 Å². The van der Waals surface area contributed by atoms with Crippen LogP contribution in [0.25, 0.3) is 0 Å². The monoisotopic (exact) mass is 196 g/mol. The van der Waals surface area contributed by atoms with Gasteiger partial charge in [0.15, 0.2) is 0 Å². The summed E-state index contributed by atoms with van der Waals surface area (Å²) in [6, 6.07) is 3.97. The van der Waals surface area contributed by atoms with Gasteiger partial charge in [-0.05, 0) is 51.7 Å². The van der Waals surface area contributed by atoms with E-state index in [2.05, 4.69) is 10.6 Å². The highest BCUT2D eigenvalue weighted by Crippen LogP contribution is 2.02. The molecule has 0 bridgehead atoms. The van der Waals surface area contributed by atoms with Crippen LogP contribution < -0.4 is 10.6 Å². The van der Waals surface area contributed by atoms with Crippen molar-refractivity contribution in [2.45, 2.75) is 19.3 Å². The molecule has 14 heavy (non-hydrogen) atoms. The van der Waals surface area contributed by atoms with Crippen LogP contribution in [0.2, 0.25) is 0 Å². The molecule has 1 aromatic rings. The summed E-state index contributed by atoms with van der Waals surface area (Å²) < 4.78 is 5.24. The molecule has 1 heterocycles. The summed E-state index contributed by atoms with van der Waals surface area (Å²) >= 11 is 0. The maximum Gasteiger partial charge on any atom is 0.103 e. The van der Waals surface area contributed by atoms with E-state index in [-0.39, 0.29) is 0 Å². The first kappa shape index (κ1) is 11.3. The Bertz CT molecular complexity index is 209. The Hall–Kier alpha value is -0.800. The van der Waals surface area contributed by atoms with Gasteiger partial charge in [-0.2, -0.15) is 0 Å². The van der Waals surface area contributed by atoms with Crippen LogP contribution in [-0.4, -0.2) is 26.7 Å². The van der Waals surface area contributed by atoms with Crippen molar-refractivity contribution in [1.29, 1.82) is 0 Å². The van der Waals surface area contributed by atoms with Crippen LogP contribution in [0.1, 0.15) is 18.6 Å². The highest BCUT2D eigenvalue weighted by atomic mass is 16.3. The molecule has 2 N–H and O–H groups in total. The molecule has 0 saturated heterocycles. The third-order valence-corrected chi connectivity index (χ3v) is 2.14. The first-order valence-corrected chi connectivity index (χ1v) is 5.31. The highest BCUT2D eigenvalue weighted by molar-refractivity contribution is 4.97. The Morgan fingerprint density at radius 2 is 2.07 bits per heavy atom. The number of furan rings is 1. The molecule has 1 rings (SSSR count). The zero-order valence-electron chi connectivity index (χ0n) is 8.88. The lowest BCUT2D eigenvalue weighted by atomic mass is 10.2. The Labute approximate surface area is 85.9 Å². The molecular weight excluding hydrogens is 176 g/mol. The number of hydrogen-bond acceptors (Lipinski definition) is 3. The number of rotatable bonds is 8. The van der Waals surface area contributed by atoms with Crippen molar-refractivity contribution >= 4 is 0 Å². The van der Waals surface area contributed by atoms with Crippen LogP contribution in [-0.2, 0) is 6.42 Å². The summed E-state index contributed by atoms with van der Waals surface area (Å²) in [5, 5.41) is 6.53. The van der Waals surface area contributed by atoms with E-state index in [1.165, 1.54) is 6.42 Å². The van der Waals surface area contributed by atoms with Gasteiger partial charge in [0.25, 0.3) is 0 Å². The van der Waals surface area contributed by atoms with Crippen LogP contribution >= 0.6 is 0 Å². The van der Waals surface area contributed by atoms with Gasteiger partial charge in [-0.3, -0.25) is 0 Å². The molecule has 0 aliphatic carbocycles. The van der Waals surface area contributed by atoms with E-state index in [4.69, 9.17) is 4.42 Å². The van der Waals surface area contributed by atoms with E-state index in [9.17, 15) is 0 Å². The fraction of sp³-hybridized carbons (Fsp3) is 0.636. The zero-order chi connectivity index (χ0) is 10.1. The molecule has 80 valence electrons. The number of aryl methyl sites for hydroxylation is 1. The minimum Gasteiger partial charge on any atom is -0.469 e. The SMILES string of the molecule is CNCCCNCCCc1ccco1. The molecule has 0 saturated carbocycles. The van der Waals surface area contributed by atoms with E-state index in [0.29, 0.717) is 0 Å². The first-order valence-electron chi connectivity index (χ1n) is 5.31. The summed E-state index contributed by atoms with van der Waals surface area (Å²) in [7, 11) is 1.98. The average molecular weight is 196 g/mol. The second-order valence-corrected chi connectivity index (χ2v) is 3.39. The van der Waals surface area contributed by atoms with Gasteiger partial charge in [0.1, 0.15) is 5.76 Å². The lowest BCUT2D eigenvalue weighted by molar-refractivity contribution is 0.494. The van der Waals surface area contributed by atoms with Crippen molar-refractivity contribution in [3.8, 4) is 0 Å². The van der Waals surface area contributed by atoms with Crippen molar-refractivity contribution in [3.63, 3.8) is 0 Å². The van der Waals surface area contributed by atoms with Gasteiger partial charge in [-0.1, -0.05) is 0 Å². The third kappa shape index (κ3) is 5.04. The van der Waals surface area contributed by atoms with E-state index >= 15 is 0 Å². The largest absolute Gasteiger partial charge is 0.469 e. The molecule has 0 radical (unpaired) electrons. The smallest absolute Gasteiger partial charge is 0.103 e. The lowest BCUT2D eigenvalue weighted by Crippen LogP contribution is -2.21. The summed E-state index contributed by atoms with van der Waals surface area (Å²) in [4.78, 5) is 0. The average Bonchev–Trinajstić information content (AvgIpc) is 2.69. The van der Waals surface area contributed by atoms with Crippen LogP contribution in [0.15, 0.2) is 22.8 Å². The Morgan fingerprint density at radius 3 is 2.79 bits per heavy atom. The van der Waals surface area contributed by atoms with Gasteiger partial charge >= 0.3 is 0 Å². The molecule has 0 aliphatic heterocycles. The molecule has 3 nitrogen and oxygen atoms in total. The minimum atomic E-state index is 1.03. The van der Waals surface area contributed by atoms with Gasteiger partial charge in [-0.25, -0.2) is 0 Å². The second kappa shape index (κ2) is 7.59. The van der Waals surface area contributed by atoms with E-state index in [1.54, 1.807) is 6.26 Å². The maximum absolute atomic E-state index is 5.24. The van der Waals surface area contributed by atoms with E-state index in [0.717, 1.165) is 38.2 Å². The Kier molecular flexibility index (Phi) is 6.11. The molecule has 1 aromatic heterocycles. The standard InChI is InChI=1S/C11H20N2O/c1-12-7-4-9-13-8-2-5-11-6-3-10-14-11/h3,6,10,12-13H,2,4-5,7-9H2,1H3. The highest BCUT2D eigenvalue weighted by Gasteiger charge is 1.94. The van der Waals surface area contributed by atoms with Crippen molar-refractivity contribution in [1.82, 2.24) is 10.6 Å². The van der Waals surface area contributed by atoms with Gasteiger partial charge in [0.2, 0.25) is 0 Å². The molecular formula is C11H20N2O.